The van der Waals surface area contributed by atoms with Gasteiger partial charge in [0.2, 0.25) is 0 Å². The van der Waals surface area contributed by atoms with Crippen LogP contribution in [0.15, 0.2) is 48.5 Å². The second kappa shape index (κ2) is 8.39. The molecule has 2 heterocycles. The number of para-hydroxylation sites is 1. The second-order valence-corrected chi connectivity index (χ2v) is 7.30. The highest BCUT2D eigenvalue weighted by atomic mass is 16.5. The molecule has 0 spiro atoms. The summed E-state index contributed by atoms with van der Waals surface area (Å²) >= 11 is 0. The Hall–Kier alpha value is -3.28. The van der Waals surface area contributed by atoms with Crippen LogP contribution in [0, 0.1) is 0 Å². The maximum absolute atomic E-state index is 12.7. The molecule has 1 aliphatic heterocycles. The zero-order valence-corrected chi connectivity index (χ0v) is 16.5. The minimum atomic E-state index is -0.335. The fraction of sp³-hybridized carbons (Fsp3) is 0.304. The first kappa shape index (κ1) is 19.1. The van der Waals surface area contributed by atoms with Gasteiger partial charge in [-0.15, -0.1) is 0 Å². The van der Waals surface area contributed by atoms with E-state index in [2.05, 4.69) is 22.4 Å². The van der Waals surface area contributed by atoms with Crippen LogP contribution in [-0.2, 0) is 17.7 Å². The van der Waals surface area contributed by atoms with Crippen LogP contribution < -0.4 is 5.32 Å². The van der Waals surface area contributed by atoms with Crippen molar-refractivity contribution in [3.05, 3.63) is 65.4 Å². The molecular weight excluding hydrogens is 366 g/mol. The zero-order chi connectivity index (χ0) is 20.2. The molecule has 1 aliphatic rings. The van der Waals surface area contributed by atoms with E-state index in [0.29, 0.717) is 30.9 Å². The summed E-state index contributed by atoms with van der Waals surface area (Å²) in [5.74, 6) is -0.335. The van der Waals surface area contributed by atoms with Crippen molar-refractivity contribution in [1.29, 1.82) is 0 Å². The molecule has 6 nitrogen and oxygen atoms in total. The highest BCUT2D eigenvalue weighted by molar-refractivity contribution is 5.93. The van der Waals surface area contributed by atoms with Crippen LogP contribution in [-0.4, -0.2) is 35.0 Å². The molecule has 0 saturated carbocycles. The number of amides is 2. The van der Waals surface area contributed by atoms with Gasteiger partial charge >= 0.3 is 12.0 Å². The largest absolute Gasteiger partial charge is 0.462 e. The number of hydrogen-bond donors (Lipinski definition) is 2. The van der Waals surface area contributed by atoms with Crippen molar-refractivity contribution in [2.24, 2.45) is 0 Å². The summed E-state index contributed by atoms with van der Waals surface area (Å²) in [6, 6.07) is 14.9. The van der Waals surface area contributed by atoms with E-state index in [1.54, 1.807) is 29.2 Å². The van der Waals surface area contributed by atoms with Crippen LogP contribution in [0.1, 0.15) is 41.4 Å². The Kier molecular flexibility index (Phi) is 5.51. The monoisotopic (exact) mass is 391 g/mol. The third-order valence-corrected chi connectivity index (χ3v) is 5.27. The number of anilines is 1. The second-order valence-electron chi connectivity index (χ2n) is 7.30. The summed E-state index contributed by atoms with van der Waals surface area (Å²) in [5.41, 5.74) is 4.65. The molecule has 0 aliphatic carbocycles. The van der Waals surface area contributed by atoms with E-state index < -0.39 is 0 Å². The summed E-state index contributed by atoms with van der Waals surface area (Å²) in [4.78, 5) is 29.9. The molecule has 0 bridgehead atoms. The number of esters is 1. The minimum absolute atomic E-state index is 0.146. The number of rotatable bonds is 5. The maximum Gasteiger partial charge on any atom is 0.338 e. The van der Waals surface area contributed by atoms with Crippen molar-refractivity contribution in [2.45, 2.75) is 32.7 Å². The molecule has 2 N–H and O–H groups in total. The first-order valence-electron chi connectivity index (χ1n) is 10.1. The standard InChI is InChI=1S/C23H25N3O3/c1-2-3-14-29-22(27)16-8-10-17(11-9-16)24-23(28)26-13-12-19-18-6-4-5-7-20(18)25-21(19)15-26/h4-11,25H,2-3,12-15H2,1H3,(H,24,28). The number of hydrogen-bond acceptors (Lipinski definition) is 3. The van der Waals surface area contributed by atoms with E-state index in [1.807, 2.05) is 19.1 Å². The quantitative estimate of drug-likeness (QED) is 0.488. The average molecular weight is 391 g/mol. The van der Waals surface area contributed by atoms with E-state index in [-0.39, 0.29) is 12.0 Å². The SMILES string of the molecule is CCCCOC(=O)c1ccc(NC(=O)N2CCc3c([nH]c4ccccc34)C2)cc1. The van der Waals surface area contributed by atoms with Gasteiger partial charge in [0.25, 0.3) is 0 Å². The molecule has 0 saturated heterocycles. The molecule has 2 amide bonds. The number of fused-ring (bicyclic) bond motifs is 3. The number of benzene rings is 2. The summed E-state index contributed by atoms with van der Waals surface area (Å²) in [7, 11) is 0. The third-order valence-electron chi connectivity index (χ3n) is 5.27. The molecular formula is C23H25N3O3. The fourth-order valence-corrected chi connectivity index (χ4v) is 3.65. The Morgan fingerprint density at radius 3 is 2.72 bits per heavy atom. The van der Waals surface area contributed by atoms with Gasteiger partial charge in [-0.3, -0.25) is 0 Å². The summed E-state index contributed by atoms with van der Waals surface area (Å²) < 4.78 is 5.20. The zero-order valence-electron chi connectivity index (χ0n) is 16.5. The Bertz CT molecular complexity index is 1020. The molecule has 0 fully saturated rings. The molecule has 29 heavy (non-hydrogen) atoms. The Morgan fingerprint density at radius 2 is 1.93 bits per heavy atom. The molecule has 3 aromatic rings. The van der Waals surface area contributed by atoms with E-state index in [1.165, 1.54) is 10.9 Å². The first-order valence-corrected chi connectivity index (χ1v) is 10.1. The highest BCUT2D eigenvalue weighted by Crippen LogP contribution is 2.27. The van der Waals surface area contributed by atoms with E-state index in [0.717, 1.165) is 30.5 Å². The first-order chi connectivity index (χ1) is 14.2. The van der Waals surface area contributed by atoms with E-state index in [9.17, 15) is 9.59 Å². The molecule has 0 atom stereocenters. The van der Waals surface area contributed by atoms with Crippen molar-refractivity contribution < 1.29 is 14.3 Å². The molecule has 0 unspecified atom stereocenters. The van der Waals surface area contributed by atoms with Gasteiger partial charge < -0.3 is 19.9 Å². The topological polar surface area (TPSA) is 74.4 Å². The summed E-state index contributed by atoms with van der Waals surface area (Å²) in [6.07, 6.45) is 2.66. The van der Waals surface area contributed by atoms with Crippen LogP contribution >= 0.6 is 0 Å². The van der Waals surface area contributed by atoms with Crippen molar-refractivity contribution in [3.63, 3.8) is 0 Å². The molecule has 0 radical (unpaired) electrons. The number of ether oxygens (including phenoxy) is 1. The van der Waals surface area contributed by atoms with Crippen molar-refractivity contribution in [1.82, 2.24) is 9.88 Å². The number of unbranched alkanes of at least 4 members (excludes halogenated alkanes) is 1. The lowest BCUT2D eigenvalue weighted by molar-refractivity contribution is 0.0500. The predicted octanol–water partition coefficient (Wildman–Crippen LogP) is 4.72. The predicted molar refractivity (Wildman–Crippen MR) is 113 cm³/mol. The Morgan fingerprint density at radius 1 is 1.14 bits per heavy atom. The third kappa shape index (κ3) is 4.11. The van der Waals surface area contributed by atoms with Gasteiger partial charge in [0.15, 0.2) is 0 Å². The highest BCUT2D eigenvalue weighted by Gasteiger charge is 2.23. The number of nitrogens with zero attached hydrogens (tertiary/aromatic N) is 1. The number of aromatic nitrogens is 1. The minimum Gasteiger partial charge on any atom is -0.462 e. The average Bonchev–Trinajstić information content (AvgIpc) is 3.12. The van der Waals surface area contributed by atoms with Crippen molar-refractivity contribution >= 4 is 28.6 Å². The number of nitrogens with one attached hydrogen (secondary N) is 2. The van der Waals surface area contributed by atoms with Gasteiger partial charge in [-0.1, -0.05) is 31.5 Å². The molecule has 150 valence electrons. The molecule has 2 aromatic carbocycles. The lowest BCUT2D eigenvalue weighted by Crippen LogP contribution is -2.38. The summed E-state index contributed by atoms with van der Waals surface area (Å²) in [6.45, 7) is 3.70. The van der Waals surface area contributed by atoms with Gasteiger partial charge in [-0.2, -0.15) is 0 Å². The van der Waals surface area contributed by atoms with Crippen LogP contribution in [0.2, 0.25) is 0 Å². The Labute approximate surface area is 169 Å². The maximum atomic E-state index is 12.7. The van der Waals surface area contributed by atoms with Crippen LogP contribution in [0.25, 0.3) is 10.9 Å². The fourth-order valence-electron chi connectivity index (χ4n) is 3.65. The van der Waals surface area contributed by atoms with Crippen LogP contribution in [0.4, 0.5) is 10.5 Å². The number of carbonyl (C=O) groups is 2. The lowest BCUT2D eigenvalue weighted by atomic mass is 10.0. The van der Waals surface area contributed by atoms with Gasteiger partial charge in [0, 0.05) is 28.8 Å². The number of carbonyl (C=O) groups excluding carboxylic acids is 2. The van der Waals surface area contributed by atoms with Gasteiger partial charge in [-0.05, 0) is 48.7 Å². The van der Waals surface area contributed by atoms with Gasteiger partial charge in [-0.25, -0.2) is 9.59 Å². The lowest BCUT2D eigenvalue weighted by Gasteiger charge is -2.27. The Balaban J connectivity index is 1.38. The van der Waals surface area contributed by atoms with E-state index in [4.69, 9.17) is 4.74 Å². The molecule has 4 rings (SSSR count). The number of aromatic amines is 1. The number of urea groups is 1. The van der Waals surface area contributed by atoms with Crippen molar-refractivity contribution in [3.8, 4) is 0 Å². The summed E-state index contributed by atoms with van der Waals surface area (Å²) in [5, 5.41) is 4.16. The van der Waals surface area contributed by atoms with Crippen LogP contribution in [0.5, 0.6) is 0 Å². The van der Waals surface area contributed by atoms with Gasteiger partial charge in [0.05, 0.1) is 18.7 Å². The molecule has 1 aromatic heterocycles. The van der Waals surface area contributed by atoms with Gasteiger partial charge in [0.1, 0.15) is 0 Å². The van der Waals surface area contributed by atoms with Crippen molar-refractivity contribution in [2.75, 3.05) is 18.5 Å². The van der Waals surface area contributed by atoms with Crippen LogP contribution in [0.3, 0.4) is 0 Å². The number of H-pyrrole nitrogens is 1. The van der Waals surface area contributed by atoms with E-state index >= 15 is 0 Å². The smallest absolute Gasteiger partial charge is 0.338 e. The normalized spacial score (nSPS) is 13.2. The molecule has 6 heteroatoms.